The van der Waals surface area contributed by atoms with Crippen LogP contribution in [0.2, 0.25) is 0 Å². The molecule has 1 amide bonds. The van der Waals surface area contributed by atoms with E-state index < -0.39 is 5.91 Å². The maximum Gasteiger partial charge on any atom is 0.261 e. The number of nitrogens with two attached hydrogens (primary N) is 1. The van der Waals surface area contributed by atoms with E-state index in [9.17, 15) is 4.79 Å². The zero-order chi connectivity index (χ0) is 9.72. The average Bonchev–Trinajstić information content (AvgIpc) is 1.85. The van der Waals surface area contributed by atoms with E-state index in [4.69, 9.17) is 11.0 Å². The first-order valence-electron chi connectivity index (χ1n) is 3.34. The molecule has 0 aromatic carbocycles. The SMILES string of the molecule is C/C(NC(C)S)=C(\C#N)C(N)=O. The summed E-state index contributed by atoms with van der Waals surface area (Å²) < 4.78 is 0. The Kier molecular flexibility index (Phi) is 4.22. The van der Waals surface area contributed by atoms with Gasteiger partial charge in [0.05, 0.1) is 5.37 Å². The second-order valence-electron chi connectivity index (χ2n) is 2.30. The van der Waals surface area contributed by atoms with Crippen LogP contribution in [0.25, 0.3) is 0 Å². The van der Waals surface area contributed by atoms with Crippen LogP contribution in [0.1, 0.15) is 13.8 Å². The minimum Gasteiger partial charge on any atom is -0.376 e. The van der Waals surface area contributed by atoms with Gasteiger partial charge in [0.15, 0.2) is 0 Å². The fourth-order valence-electron chi connectivity index (χ4n) is 0.709. The summed E-state index contributed by atoms with van der Waals surface area (Å²) in [7, 11) is 0. The lowest BCUT2D eigenvalue weighted by molar-refractivity contribution is -0.114. The van der Waals surface area contributed by atoms with Gasteiger partial charge >= 0.3 is 0 Å². The first kappa shape index (κ1) is 10.8. The van der Waals surface area contributed by atoms with Crippen molar-refractivity contribution in [2.45, 2.75) is 19.2 Å². The Balaban J connectivity index is 4.64. The Hall–Kier alpha value is -1.15. The molecular weight excluding hydrogens is 174 g/mol. The standard InChI is InChI=1S/C7H11N3OS/c1-4(10-5(2)12)6(3-8)7(9)11/h5,10,12H,1-2H3,(H2,9,11)/b6-4-. The molecule has 0 radical (unpaired) electrons. The van der Waals surface area contributed by atoms with Crippen molar-refractivity contribution in [3.63, 3.8) is 0 Å². The van der Waals surface area contributed by atoms with Crippen molar-refractivity contribution in [3.8, 4) is 6.07 Å². The number of nitriles is 1. The fourth-order valence-corrected chi connectivity index (χ4v) is 0.903. The molecule has 0 aromatic heterocycles. The summed E-state index contributed by atoms with van der Waals surface area (Å²) in [4.78, 5) is 10.6. The van der Waals surface area contributed by atoms with Crippen LogP contribution >= 0.6 is 12.6 Å². The molecule has 0 saturated heterocycles. The Labute approximate surface area is 76.8 Å². The van der Waals surface area contributed by atoms with Gasteiger partial charge in [0.2, 0.25) is 0 Å². The highest BCUT2D eigenvalue weighted by molar-refractivity contribution is 7.80. The molecule has 0 rings (SSSR count). The van der Waals surface area contributed by atoms with Crippen LogP contribution in [0.5, 0.6) is 0 Å². The van der Waals surface area contributed by atoms with Gasteiger partial charge in [0.1, 0.15) is 11.6 Å². The van der Waals surface area contributed by atoms with Gasteiger partial charge in [0, 0.05) is 5.70 Å². The predicted octanol–water partition coefficient (Wildman–Crippen LogP) is 0.135. The second kappa shape index (κ2) is 4.67. The molecule has 0 heterocycles. The molecule has 0 aliphatic heterocycles. The van der Waals surface area contributed by atoms with Crippen molar-refractivity contribution in [2.24, 2.45) is 5.73 Å². The van der Waals surface area contributed by atoms with E-state index in [0.29, 0.717) is 5.70 Å². The van der Waals surface area contributed by atoms with Crippen molar-refractivity contribution >= 4 is 18.5 Å². The number of carbonyl (C=O) groups excluding carboxylic acids is 1. The quantitative estimate of drug-likeness (QED) is 0.253. The van der Waals surface area contributed by atoms with Crippen LogP contribution in [0.15, 0.2) is 11.3 Å². The number of allylic oxidation sites excluding steroid dienone is 1. The smallest absolute Gasteiger partial charge is 0.261 e. The Morgan fingerprint density at radius 1 is 1.75 bits per heavy atom. The predicted molar refractivity (Wildman–Crippen MR) is 49.1 cm³/mol. The molecule has 0 fully saturated rings. The lowest BCUT2D eigenvalue weighted by Crippen LogP contribution is -2.24. The number of nitrogens with one attached hydrogen (secondary N) is 1. The van der Waals surface area contributed by atoms with Crippen LogP contribution in [-0.4, -0.2) is 11.3 Å². The van der Waals surface area contributed by atoms with Crippen molar-refractivity contribution in [2.75, 3.05) is 0 Å². The highest BCUT2D eigenvalue weighted by atomic mass is 32.1. The van der Waals surface area contributed by atoms with Gasteiger partial charge in [0.25, 0.3) is 5.91 Å². The van der Waals surface area contributed by atoms with E-state index in [-0.39, 0.29) is 10.9 Å². The zero-order valence-electron chi connectivity index (χ0n) is 6.96. The van der Waals surface area contributed by atoms with Crippen LogP contribution in [0, 0.1) is 11.3 Å². The number of thiol groups is 1. The third-order valence-corrected chi connectivity index (χ3v) is 1.29. The van der Waals surface area contributed by atoms with Crippen molar-refractivity contribution < 1.29 is 4.79 Å². The molecular formula is C7H11N3OS. The van der Waals surface area contributed by atoms with E-state index in [2.05, 4.69) is 17.9 Å². The molecule has 1 unspecified atom stereocenters. The summed E-state index contributed by atoms with van der Waals surface area (Å²) in [5, 5.41) is 11.2. The minimum atomic E-state index is -0.725. The number of rotatable bonds is 3. The monoisotopic (exact) mass is 185 g/mol. The van der Waals surface area contributed by atoms with E-state index in [1.165, 1.54) is 0 Å². The molecule has 0 aliphatic rings. The third-order valence-electron chi connectivity index (χ3n) is 1.16. The third kappa shape index (κ3) is 3.30. The summed E-state index contributed by atoms with van der Waals surface area (Å²) in [5.74, 6) is -0.725. The Bertz CT molecular complexity index is 252. The van der Waals surface area contributed by atoms with Crippen LogP contribution < -0.4 is 11.1 Å². The number of carbonyl (C=O) groups is 1. The Morgan fingerprint density at radius 2 is 2.25 bits per heavy atom. The molecule has 0 aromatic rings. The molecule has 4 nitrogen and oxygen atoms in total. The van der Waals surface area contributed by atoms with Gasteiger partial charge in [-0.1, -0.05) is 0 Å². The van der Waals surface area contributed by atoms with Gasteiger partial charge in [-0.3, -0.25) is 4.79 Å². The highest BCUT2D eigenvalue weighted by Crippen LogP contribution is 2.01. The van der Waals surface area contributed by atoms with Crippen LogP contribution in [-0.2, 0) is 4.79 Å². The van der Waals surface area contributed by atoms with Crippen LogP contribution in [0.3, 0.4) is 0 Å². The number of hydrogen-bond donors (Lipinski definition) is 3. The number of hydrogen-bond acceptors (Lipinski definition) is 4. The molecule has 5 heteroatoms. The largest absolute Gasteiger partial charge is 0.376 e. The van der Waals surface area contributed by atoms with E-state index in [0.717, 1.165) is 0 Å². The average molecular weight is 185 g/mol. The lowest BCUT2D eigenvalue weighted by atomic mass is 10.2. The van der Waals surface area contributed by atoms with Gasteiger partial charge in [-0.25, -0.2) is 0 Å². The first-order valence-corrected chi connectivity index (χ1v) is 3.86. The normalized spacial score (nSPS) is 14.2. The number of nitrogens with zero attached hydrogens (tertiary/aromatic N) is 1. The maximum atomic E-state index is 10.6. The molecule has 0 spiro atoms. The topological polar surface area (TPSA) is 78.9 Å². The van der Waals surface area contributed by atoms with Crippen molar-refractivity contribution in [3.05, 3.63) is 11.3 Å². The zero-order valence-corrected chi connectivity index (χ0v) is 7.85. The van der Waals surface area contributed by atoms with Gasteiger partial charge < -0.3 is 11.1 Å². The van der Waals surface area contributed by atoms with E-state index in [1.807, 2.05) is 0 Å². The number of primary amides is 1. The van der Waals surface area contributed by atoms with E-state index in [1.54, 1.807) is 19.9 Å². The number of amides is 1. The lowest BCUT2D eigenvalue weighted by Gasteiger charge is -2.09. The molecule has 0 bridgehead atoms. The summed E-state index contributed by atoms with van der Waals surface area (Å²) in [5.41, 5.74) is 5.33. The van der Waals surface area contributed by atoms with Gasteiger partial charge in [-0.2, -0.15) is 17.9 Å². The fraction of sp³-hybridized carbons (Fsp3) is 0.429. The van der Waals surface area contributed by atoms with Crippen LogP contribution in [0.4, 0.5) is 0 Å². The van der Waals surface area contributed by atoms with Gasteiger partial charge in [-0.15, -0.1) is 0 Å². The van der Waals surface area contributed by atoms with Gasteiger partial charge in [-0.05, 0) is 13.8 Å². The summed E-state index contributed by atoms with van der Waals surface area (Å²) in [6.45, 7) is 3.39. The van der Waals surface area contributed by atoms with E-state index >= 15 is 0 Å². The molecule has 3 N–H and O–H groups in total. The summed E-state index contributed by atoms with van der Waals surface area (Å²) >= 11 is 4.03. The maximum absolute atomic E-state index is 10.6. The minimum absolute atomic E-state index is 0.0594. The molecule has 12 heavy (non-hydrogen) atoms. The summed E-state index contributed by atoms with van der Waals surface area (Å²) in [6, 6.07) is 1.72. The van der Waals surface area contributed by atoms with Crippen molar-refractivity contribution in [1.82, 2.24) is 5.32 Å². The molecule has 1 atom stereocenters. The molecule has 0 saturated carbocycles. The Morgan fingerprint density at radius 3 is 2.50 bits per heavy atom. The second-order valence-corrected chi connectivity index (χ2v) is 3.07. The highest BCUT2D eigenvalue weighted by Gasteiger charge is 2.08. The van der Waals surface area contributed by atoms with Crippen molar-refractivity contribution in [1.29, 1.82) is 5.26 Å². The summed E-state index contributed by atoms with van der Waals surface area (Å²) in [6.07, 6.45) is 0. The first-order chi connectivity index (χ1) is 5.49. The molecule has 66 valence electrons. The molecule has 0 aliphatic carbocycles.